The van der Waals surface area contributed by atoms with Gasteiger partial charge in [-0.15, -0.1) is 0 Å². The second-order valence-electron chi connectivity index (χ2n) is 5.52. The number of aromatic nitrogens is 2. The largest absolute Gasteiger partial charge is 0.341 e. The van der Waals surface area contributed by atoms with Gasteiger partial charge in [-0.2, -0.15) is 0 Å². The maximum atomic E-state index is 10.8. The van der Waals surface area contributed by atoms with Crippen LogP contribution in [0.5, 0.6) is 0 Å². The summed E-state index contributed by atoms with van der Waals surface area (Å²) in [5.74, 6) is 1.25. The van der Waals surface area contributed by atoms with E-state index in [2.05, 4.69) is 21.8 Å². The van der Waals surface area contributed by atoms with E-state index in [0.717, 1.165) is 31.0 Å². The van der Waals surface area contributed by atoms with Crippen LogP contribution in [0.1, 0.15) is 13.3 Å². The lowest BCUT2D eigenvalue weighted by Crippen LogP contribution is -2.46. The van der Waals surface area contributed by atoms with Crippen LogP contribution in [0.4, 0.5) is 11.6 Å². The van der Waals surface area contributed by atoms with Crippen LogP contribution in [0.25, 0.3) is 11.0 Å². The first-order chi connectivity index (χ1) is 9.52. The summed E-state index contributed by atoms with van der Waals surface area (Å²) in [5.41, 5.74) is 7.52. The number of H-pyrrole nitrogens is 1. The highest BCUT2D eigenvalue weighted by atomic mass is 16.6. The molecular formula is C13H17N5O2. The molecule has 2 heterocycles. The molecule has 7 heteroatoms. The molecule has 0 amide bonds. The maximum absolute atomic E-state index is 10.8. The molecule has 0 radical (unpaired) electrons. The molecule has 0 spiro atoms. The number of hydrogen-bond acceptors (Lipinski definition) is 5. The number of rotatable bonds is 2. The highest BCUT2D eigenvalue weighted by Gasteiger charge is 2.24. The average Bonchev–Trinajstić information content (AvgIpc) is 2.80. The van der Waals surface area contributed by atoms with Crippen molar-refractivity contribution in [1.29, 1.82) is 0 Å². The SMILES string of the molecule is CC1CC(N)CN(c2nc3ccc([N+](=O)[O-])cc3[nH]2)C1. The van der Waals surface area contributed by atoms with Crippen molar-refractivity contribution in [3.63, 3.8) is 0 Å². The summed E-state index contributed by atoms with van der Waals surface area (Å²) in [6.07, 6.45) is 1.02. The topological polar surface area (TPSA) is 101 Å². The predicted octanol–water partition coefficient (Wildman–Crippen LogP) is 1.64. The molecule has 0 aliphatic carbocycles. The molecular weight excluding hydrogens is 258 g/mol. The zero-order valence-electron chi connectivity index (χ0n) is 11.2. The summed E-state index contributed by atoms with van der Waals surface area (Å²) in [6.45, 7) is 3.82. The van der Waals surface area contributed by atoms with E-state index in [1.165, 1.54) is 12.1 Å². The number of aromatic amines is 1. The molecule has 0 bridgehead atoms. The number of anilines is 1. The molecule has 20 heavy (non-hydrogen) atoms. The van der Waals surface area contributed by atoms with Gasteiger partial charge in [0.2, 0.25) is 5.95 Å². The van der Waals surface area contributed by atoms with E-state index in [1.54, 1.807) is 6.07 Å². The number of imidazole rings is 1. The van der Waals surface area contributed by atoms with E-state index < -0.39 is 4.92 Å². The van der Waals surface area contributed by atoms with Gasteiger partial charge in [-0.25, -0.2) is 4.98 Å². The number of hydrogen-bond donors (Lipinski definition) is 2. The van der Waals surface area contributed by atoms with E-state index in [1.807, 2.05) is 0 Å². The van der Waals surface area contributed by atoms with Gasteiger partial charge in [-0.05, 0) is 18.4 Å². The zero-order valence-corrected chi connectivity index (χ0v) is 11.2. The van der Waals surface area contributed by atoms with Crippen molar-refractivity contribution < 1.29 is 4.92 Å². The van der Waals surface area contributed by atoms with Crippen LogP contribution in [-0.4, -0.2) is 34.0 Å². The predicted molar refractivity (Wildman–Crippen MR) is 76.7 cm³/mol. The van der Waals surface area contributed by atoms with Crippen LogP contribution < -0.4 is 10.6 Å². The molecule has 7 nitrogen and oxygen atoms in total. The molecule has 1 aromatic heterocycles. The normalized spacial score (nSPS) is 23.2. The fourth-order valence-corrected chi connectivity index (χ4v) is 2.82. The number of fused-ring (bicyclic) bond motifs is 1. The summed E-state index contributed by atoms with van der Waals surface area (Å²) in [7, 11) is 0. The van der Waals surface area contributed by atoms with E-state index in [0.29, 0.717) is 11.4 Å². The van der Waals surface area contributed by atoms with Crippen molar-refractivity contribution in [2.45, 2.75) is 19.4 Å². The molecule has 2 aromatic rings. The van der Waals surface area contributed by atoms with Crippen molar-refractivity contribution in [3.8, 4) is 0 Å². The second-order valence-corrected chi connectivity index (χ2v) is 5.52. The van der Waals surface area contributed by atoms with Crippen LogP contribution in [0.3, 0.4) is 0 Å². The summed E-state index contributed by atoms with van der Waals surface area (Å²) in [4.78, 5) is 20.1. The van der Waals surface area contributed by atoms with Crippen molar-refractivity contribution in [2.24, 2.45) is 11.7 Å². The standard InChI is InChI=1S/C13H17N5O2/c1-8-4-9(14)7-17(6-8)13-15-11-3-2-10(18(19)20)5-12(11)16-13/h2-3,5,8-9H,4,6-7,14H2,1H3,(H,15,16). The minimum Gasteiger partial charge on any atom is -0.341 e. The van der Waals surface area contributed by atoms with E-state index in [4.69, 9.17) is 5.73 Å². The lowest BCUT2D eigenvalue weighted by Gasteiger charge is -2.34. The Morgan fingerprint density at radius 2 is 2.30 bits per heavy atom. The van der Waals surface area contributed by atoms with Gasteiger partial charge in [-0.3, -0.25) is 10.1 Å². The first kappa shape index (κ1) is 12.9. The average molecular weight is 275 g/mol. The monoisotopic (exact) mass is 275 g/mol. The van der Waals surface area contributed by atoms with Gasteiger partial charge in [0.15, 0.2) is 0 Å². The molecule has 1 aliphatic heterocycles. The number of nitrogens with zero attached hydrogens (tertiary/aromatic N) is 3. The minimum atomic E-state index is -0.404. The summed E-state index contributed by atoms with van der Waals surface area (Å²) in [6, 6.07) is 4.79. The first-order valence-electron chi connectivity index (χ1n) is 6.67. The number of nitro groups is 1. The summed E-state index contributed by atoms with van der Waals surface area (Å²) >= 11 is 0. The van der Waals surface area contributed by atoms with Crippen LogP contribution in [-0.2, 0) is 0 Å². The van der Waals surface area contributed by atoms with Gasteiger partial charge in [0, 0.05) is 31.3 Å². The lowest BCUT2D eigenvalue weighted by molar-refractivity contribution is -0.384. The molecule has 2 unspecified atom stereocenters. The Labute approximate surface area is 115 Å². The molecule has 2 atom stereocenters. The van der Waals surface area contributed by atoms with Gasteiger partial charge in [0.05, 0.1) is 16.0 Å². The molecule has 106 valence electrons. The number of nitrogens with one attached hydrogen (secondary N) is 1. The third-order valence-electron chi connectivity index (χ3n) is 3.66. The molecule has 3 rings (SSSR count). The first-order valence-corrected chi connectivity index (χ1v) is 6.67. The molecule has 1 fully saturated rings. The minimum absolute atomic E-state index is 0.0661. The highest BCUT2D eigenvalue weighted by molar-refractivity contribution is 5.80. The Hall–Kier alpha value is -2.15. The Morgan fingerprint density at radius 3 is 3.00 bits per heavy atom. The maximum Gasteiger partial charge on any atom is 0.271 e. The van der Waals surface area contributed by atoms with Crippen LogP contribution >= 0.6 is 0 Å². The van der Waals surface area contributed by atoms with Crippen molar-refractivity contribution in [1.82, 2.24) is 9.97 Å². The van der Waals surface area contributed by atoms with Crippen LogP contribution in [0, 0.1) is 16.0 Å². The van der Waals surface area contributed by atoms with E-state index in [9.17, 15) is 10.1 Å². The Bertz CT molecular complexity index is 643. The fraction of sp³-hybridized carbons (Fsp3) is 0.462. The summed E-state index contributed by atoms with van der Waals surface area (Å²) in [5, 5.41) is 10.8. The van der Waals surface area contributed by atoms with E-state index >= 15 is 0 Å². The highest BCUT2D eigenvalue weighted by Crippen LogP contribution is 2.25. The van der Waals surface area contributed by atoms with Gasteiger partial charge < -0.3 is 15.6 Å². The molecule has 3 N–H and O–H groups in total. The number of nitro benzene ring substituents is 1. The Kier molecular flexibility index (Phi) is 3.06. The van der Waals surface area contributed by atoms with Crippen LogP contribution in [0.15, 0.2) is 18.2 Å². The van der Waals surface area contributed by atoms with Crippen molar-refractivity contribution in [3.05, 3.63) is 28.3 Å². The zero-order chi connectivity index (χ0) is 14.3. The fourth-order valence-electron chi connectivity index (χ4n) is 2.82. The number of benzene rings is 1. The van der Waals surface area contributed by atoms with Gasteiger partial charge in [-0.1, -0.05) is 6.92 Å². The Morgan fingerprint density at radius 1 is 1.50 bits per heavy atom. The number of non-ortho nitro benzene ring substituents is 1. The molecule has 1 aliphatic rings. The third kappa shape index (κ3) is 2.32. The third-order valence-corrected chi connectivity index (χ3v) is 3.66. The molecule has 1 aromatic carbocycles. The van der Waals surface area contributed by atoms with Crippen molar-refractivity contribution in [2.75, 3.05) is 18.0 Å². The smallest absolute Gasteiger partial charge is 0.271 e. The number of nitrogens with two attached hydrogens (primary N) is 1. The van der Waals surface area contributed by atoms with Gasteiger partial charge >= 0.3 is 0 Å². The summed E-state index contributed by atoms with van der Waals surface area (Å²) < 4.78 is 0. The van der Waals surface area contributed by atoms with Gasteiger partial charge in [0.25, 0.3) is 5.69 Å². The van der Waals surface area contributed by atoms with Gasteiger partial charge in [0.1, 0.15) is 0 Å². The van der Waals surface area contributed by atoms with Crippen molar-refractivity contribution >= 4 is 22.7 Å². The second kappa shape index (κ2) is 4.75. The Balaban J connectivity index is 1.94. The lowest BCUT2D eigenvalue weighted by atomic mass is 9.97. The quantitative estimate of drug-likeness (QED) is 0.641. The molecule has 0 saturated carbocycles. The number of piperidine rings is 1. The van der Waals surface area contributed by atoms with E-state index in [-0.39, 0.29) is 11.7 Å². The molecule has 1 saturated heterocycles. The van der Waals surface area contributed by atoms with Crippen LogP contribution in [0.2, 0.25) is 0 Å².